The molecule has 0 saturated carbocycles. The van der Waals surface area contributed by atoms with Gasteiger partial charge in [0, 0.05) is 24.2 Å². The van der Waals surface area contributed by atoms with Crippen LogP contribution in [-0.4, -0.2) is 57.9 Å². The Morgan fingerprint density at radius 1 is 0.717 bits per heavy atom. The molecule has 0 aliphatic carbocycles. The molecule has 2 unspecified atom stereocenters. The Bertz CT molecular complexity index is 1620. The summed E-state index contributed by atoms with van der Waals surface area (Å²) in [6, 6.07) is 23.7. The number of nitrogens with two attached hydrogens (primary N) is 1. The summed E-state index contributed by atoms with van der Waals surface area (Å²) in [6.07, 6.45) is 2.98. The fourth-order valence-corrected chi connectivity index (χ4v) is 4.17. The number of carboxylic acids is 1. The molecule has 2 aromatic heterocycles. The third kappa shape index (κ3) is 19.2. The van der Waals surface area contributed by atoms with Gasteiger partial charge in [-0.05, 0) is 115 Å². The zero-order valence-electron chi connectivity index (χ0n) is 30.8. The summed E-state index contributed by atoms with van der Waals surface area (Å²) < 4.78 is 54.3. The highest BCUT2D eigenvalue weighted by atomic mass is 19.4. The van der Waals surface area contributed by atoms with Crippen molar-refractivity contribution in [2.24, 2.45) is 5.73 Å². The molecule has 14 heteroatoms. The minimum atomic E-state index is -5.08. The first-order valence-corrected chi connectivity index (χ1v) is 17.1. The second kappa shape index (κ2) is 22.5. The quantitative estimate of drug-likeness (QED) is 0.0955. The van der Waals surface area contributed by atoms with Crippen LogP contribution in [0.1, 0.15) is 65.5 Å². The number of aromatic nitrogens is 2. The van der Waals surface area contributed by atoms with E-state index in [2.05, 4.69) is 27.4 Å². The molecule has 11 nitrogen and oxygen atoms in total. The van der Waals surface area contributed by atoms with Crippen LogP contribution < -0.4 is 30.0 Å². The Kier molecular flexibility index (Phi) is 18.6. The molecule has 0 bridgehead atoms. The number of rotatable bonds is 16. The first kappa shape index (κ1) is 43.8. The van der Waals surface area contributed by atoms with Gasteiger partial charge in [0.25, 0.3) is 0 Å². The molecular formula is C39H49F3N4O7. The maximum Gasteiger partial charge on any atom is 0.490 e. The molecule has 4 aromatic rings. The molecule has 4 rings (SSSR count). The van der Waals surface area contributed by atoms with Crippen LogP contribution in [0, 0.1) is 0 Å². The monoisotopic (exact) mass is 742 g/mol. The van der Waals surface area contributed by atoms with Crippen LogP contribution in [0.4, 0.5) is 13.2 Å². The van der Waals surface area contributed by atoms with Crippen molar-refractivity contribution in [1.82, 2.24) is 15.3 Å². The minimum absolute atomic E-state index is 0.0984. The molecule has 0 fully saturated rings. The van der Waals surface area contributed by atoms with Gasteiger partial charge < -0.3 is 35.1 Å². The molecule has 0 aliphatic rings. The molecule has 0 radical (unpaired) electrons. The number of ether oxygens (including phenoxy) is 4. The number of nitrogens with one attached hydrogen (secondary N) is 1. The average Bonchev–Trinajstić information content (AvgIpc) is 3.09. The second-order valence-electron chi connectivity index (χ2n) is 12.5. The molecule has 4 N–H and O–H groups in total. The molecule has 0 aliphatic heterocycles. The van der Waals surface area contributed by atoms with Crippen LogP contribution in [0.15, 0.2) is 85.2 Å². The highest BCUT2D eigenvalue weighted by molar-refractivity contribution is 5.73. The number of alkyl halides is 3. The number of pyridine rings is 2. The molecule has 1 amide bonds. The number of carboxylic acid groups (broad SMARTS) is 1. The van der Waals surface area contributed by atoms with Gasteiger partial charge in [0.15, 0.2) is 0 Å². The fourth-order valence-electron chi connectivity index (χ4n) is 4.17. The second-order valence-corrected chi connectivity index (χ2v) is 12.5. The highest BCUT2D eigenvalue weighted by Crippen LogP contribution is 2.24. The lowest BCUT2D eigenvalue weighted by Crippen LogP contribution is -2.24. The van der Waals surface area contributed by atoms with Crippen LogP contribution in [0.3, 0.4) is 0 Å². The van der Waals surface area contributed by atoms with E-state index in [0.717, 1.165) is 43.6 Å². The van der Waals surface area contributed by atoms with Gasteiger partial charge in [0.05, 0.1) is 24.6 Å². The van der Waals surface area contributed by atoms with Crippen LogP contribution in [0.5, 0.6) is 34.8 Å². The Morgan fingerprint density at radius 3 is 1.40 bits per heavy atom. The number of carbonyl (C=O) groups excluding carboxylic acids is 1. The van der Waals surface area contributed by atoms with Gasteiger partial charge in [-0.1, -0.05) is 24.3 Å². The maximum atomic E-state index is 10.6. The molecule has 2 aromatic carbocycles. The summed E-state index contributed by atoms with van der Waals surface area (Å²) in [5.41, 5.74) is 8.25. The predicted molar refractivity (Wildman–Crippen MR) is 196 cm³/mol. The van der Waals surface area contributed by atoms with Gasteiger partial charge in [-0.25, -0.2) is 14.8 Å². The number of hydrogen-bond acceptors (Lipinski definition) is 9. The van der Waals surface area contributed by atoms with Gasteiger partial charge in [0.1, 0.15) is 23.0 Å². The topological polar surface area (TPSA) is 155 Å². The highest BCUT2D eigenvalue weighted by Gasteiger charge is 2.38. The molecule has 53 heavy (non-hydrogen) atoms. The van der Waals surface area contributed by atoms with Crippen LogP contribution in [0.2, 0.25) is 0 Å². The first-order chi connectivity index (χ1) is 25.0. The molecule has 288 valence electrons. The lowest BCUT2D eigenvalue weighted by molar-refractivity contribution is -0.192. The largest absolute Gasteiger partial charge is 0.490 e. The Morgan fingerprint density at radius 2 is 1.09 bits per heavy atom. The average molecular weight is 743 g/mol. The molecule has 0 saturated heterocycles. The van der Waals surface area contributed by atoms with E-state index in [9.17, 15) is 18.0 Å². The lowest BCUT2D eigenvalue weighted by Gasteiger charge is -2.11. The van der Waals surface area contributed by atoms with Gasteiger partial charge in [-0.2, -0.15) is 13.2 Å². The number of aliphatic carboxylic acids is 1. The summed E-state index contributed by atoms with van der Waals surface area (Å²) in [5.74, 6) is 1.36. The van der Waals surface area contributed by atoms with E-state index in [4.69, 9.17) is 34.6 Å². The number of benzene rings is 2. The Labute approximate surface area is 308 Å². The van der Waals surface area contributed by atoms with E-state index in [1.165, 1.54) is 11.1 Å². The van der Waals surface area contributed by atoms with Crippen molar-refractivity contribution in [1.29, 1.82) is 0 Å². The SMILES string of the molecule is CC(CCc1ccc(Oc2ccc(OC(C)C)nc2)cc1)NC=O.CC(N)CCc1ccc(Oc2ccc(OC(C)C)nc2)cc1.O=C(O)C(F)(F)F. The number of hydrogen-bond donors (Lipinski definition) is 3. The van der Waals surface area contributed by atoms with E-state index >= 15 is 0 Å². The Hall–Kier alpha value is -5.37. The summed E-state index contributed by atoms with van der Waals surface area (Å²) in [6.45, 7) is 11.9. The molecule has 0 spiro atoms. The summed E-state index contributed by atoms with van der Waals surface area (Å²) in [5, 5.41) is 9.88. The lowest BCUT2D eigenvalue weighted by atomic mass is 10.1. The first-order valence-electron chi connectivity index (χ1n) is 17.1. The van der Waals surface area contributed by atoms with Gasteiger partial charge in [0.2, 0.25) is 18.2 Å². The minimum Gasteiger partial charge on any atom is -0.475 e. The van der Waals surface area contributed by atoms with Crippen molar-refractivity contribution in [2.45, 2.75) is 97.7 Å². The van der Waals surface area contributed by atoms with Crippen molar-refractivity contribution in [3.8, 4) is 34.8 Å². The van der Waals surface area contributed by atoms with Crippen molar-refractivity contribution >= 4 is 12.4 Å². The summed E-state index contributed by atoms with van der Waals surface area (Å²) in [4.78, 5) is 27.7. The van der Waals surface area contributed by atoms with E-state index in [0.29, 0.717) is 23.3 Å². The van der Waals surface area contributed by atoms with Crippen LogP contribution in [0.25, 0.3) is 0 Å². The third-order valence-corrected chi connectivity index (χ3v) is 6.80. The smallest absolute Gasteiger partial charge is 0.475 e. The zero-order valence-corrected chi connectivity index (χ0v) is 30.8. The Balaban J connectivity index is 0.000000312. The number of halogens is 3. The van der Waals surface area contributed by atoms with Gasteiger partial charge >= 0.3 is 12.1 Å². The van der Waals surface area contributed by atoms with E-state index < -0.39 is 12.1 Å². The van der Waals surface area contributed by atoms with Crippen LogP contribution in [-0.2, 0) is 22.4 Å². The van der Waals surface area contributed by atoms with E-state index in [-0.39, 0.29) is 24.3 Å². The fraction of sp³-hybridized carbons (Fsp3) is 0.385. The predicted octanol–water partition coefficient (Wildman–Crippen LogP) is 8.30. The van der Waals surface area contributed by atoms with Gasteiger partial charge in [-0.15, -0.1) is 0 Å². The zero-order chi connectivity index (χ0) is 39.4. The van der Waals surface area contributed by atoms with Crippen molar-refractivity contribution < 1.29 is 46.8 Å². The number of aryl methyl sites for hydroxylation is 2. The molecular weight excluding hydrogens is 693 g/mol. The number of nitrogens with zero attached hydrogens (tertiary/aromatic N) is 2. The molecule has 2 atom stereocenters. The molecule has 2 heterocycles. The van der Waals surface area contributed by atoms with Crippen molar-refractivity contribution in [2.75, 3.05) is 0 Å². The van der Waals surface area contributed by atoms with E-state index in [1.807, 2.05) is 96.1 Å². The summed E-state index contributed by atoms with van der Waals surface area (Å²) >= 11 is 0. The third-order valence-electron chi connectivity index (χ3n) is 6.80. The van der Waals surface area contributed by atoms with E-state index in [1.54, 1.807) is 18.5 Å². The van der Waals surface area contributed by atoms with Crippen molar-refractivity contribution in [3.63, 3.8) is 0 Å². The number of amides is 1. The number of carbonyl (C=O) groups is 2. The van der Waals surface area contributed by atoms with Crippen LogP contribution >= 0.6 is 0 Å². The maximum absolute atomic E-state index is 10.6. The van der Waals surface area contributed by atoms with Gasteiger partial charge in [-0.3, -0.25) is 4.79 Å². The standard InChI is InChI=1S/C19H24N2O3.C18H24N2O2.C2HF3O2/c1-14(2)23-19-11-10-18(12-20-19)24-17-8-6-16(7-9-17)5-4-15(3)21-13-22;1-13(2)21-18-11-10-17(12-20-18)22-16-8-6-15(7-9-16)5-4-14(3)19;3-2(4,5)1(6)7/h6-15H,4-5H2,1-3H3,(H,21,22);6-14H,4-5,19H2,1-3H3;(H,6,7). The summed E-state index contributed by atoms with van der Waals surface area (Å²) in [7, 11) is 0. The normalized spacial score (nSPS) is 11.9. The van der Waals surface area contributed by atoms with Crippen molar-refractivity contribution in [3.05, 3.63) is 96.3 Å².